The zero-order valence-corrected chi connectivity index (χ0v) is 8.39. The number of aliphatic hydroxyl groups excluding tert-OH is 1. The fraction of sp³-hybridized carbons (Fsp3) is 0.500. The summed E-state index contributed by atoms with van der Waals surface area (Å²) in [7, 11) is 0. The number of hydrogen-bond donors (Lipinski definition) is 2. The molecular weight excluding hydrogens is 188 g/mol. The number of aryl methyl sites for hydroxylation is 1. The molecule has 0 saturated heterocycles. The van der Waals surface area contributed by atoms with Crippen molar-refractivity contribution in [1.82, 2.24) is 4.98 Å². The molecule has 0 bridgehead atoms. The van der Waals surface area contributed by atoms with Gasteiger partial charge in [-0.15, -0.1) is 11.3 Å². The van der Waals surface area contributed by atoms with Crippen LogP contribution in [-0.2, 0) is 0 Å². The Morgan fingerprint density at radius 3 is 2.77 bits per heavy atom. The second-order valence-corrected chi connectivity index (χ2v) is 3.80. The zero-order valence-electron chi connectivity index (χ0n) is 7.57. The predicted molar refractivity (Wildman–Crippen MR) is 50.9 cm³/mol. The van der Waals surface area contributed by atoms with Gasteiger partial charge in [-0.25, -0.2) is 4.98 Å². The largest absolute Gasteiger partial charge is 0.385 e. The van der Waals surface area contributed by atoms with Crippen molar-refractivity contribution < 1.29 is 9.90 Å². The van der Waals surface area contributed by atoms with Gasteiger partial charge in [0, 0.05) is 13.5 Å². The highest BCUT2D eigenvalue weighted by Gasteiger charge is 2.15. The molecule has 1 heterocycles. The van der Waals surface area contributed by atoms with Crippen molar-refractivity contribution in [2.45, 2.75) is 20.0 Å². The Hall–Kier alpha value is -0.780. The van der Waals surface area contributed by atoms with Gasteiger partial charge in [0.05, 0.1) is 10.6 Å². The Morgan fingerprint density at radius 1 is 1.77 bits per heavy atom. The van der Waals surface area contributed by atoms with Gasteiger partial charge in [-0.05, 0) is 6.92 Å². The van der Waals surface area contributed by atoms with Crippen molar-refractivity contribution >= 4 is 17.1 Å². The molecule has 1 unspecified atom stereocenters. The fourth-order valence-corrected chi connectivity index (χ4v) is 1.95. The van der Waals surface area contributed by atoms with Crippen LogP contribution < -0.4 is 5.73 Å². The summed E-state index contributed by atoms with van der Waals surface area (Å²) in [6.07, 6.45) is -0.753. The van der Waals surface area contributed by atoms with E-state index in [2.05, 4.69) is 4.98 Å². The molecule has 0 aliphatic heterocycles. The molecule has 72 valence electrons. The maximum absolute atomic E-state index is 11.0. The van der Waals surface area contributed by atoms with Gasteiger partial charge in [0.1, 0.15) is 11.1 Å². The molecule has 1 aromatic rings. The first-order valence-electron chi connectivity index (χ1n) is 3.92. The maximum Gasteiger partial charge on any atom is 0.171 e. The number of nitrogens with zero attached hydrogens (tertiary/aromatic N) is 1. The summed E-state index contributed by atoms with van der Waals surface area (Å²) in [6.45, 7) is 3.36. The molecule has 3 N–H and O–H groups in total. The summed E-state index contributed by atoms with van der Waals surface area (Å²) >= 11 is 1.21. The molecule has 0 amide bonds. The summed E-state index contributed by atoms with van der Waals surface area (Å²) in [5, 5.41) is 9.88. The van der Waals surface area contributed by atoms with Gasteiger partial charge in [-0.1, -0.05) is 0 Å². The van der Waals surface area contributed by atoms with Crippen LogP contribution in [0.1, 0.15) is 33.4 Å². The zero-order chi connectivity index (χ0) is 10.0. The third kappa shape index (κ3) is 2.12. The number of thiazole rings is 1. The average molecular weight is 200 g/mol. The van der Waals surface area contributed by atoms with Crippen LogP contribution in [0, 0.1) is 6.92 Å². The average Bonchev–Trinajstić information content (AvgIpc) is 2.46. The highest BCUT2D eigenvalue weighted by atomic mass is 32.1. The van der Waals surface area contributed by atoms with Crippen LogP contribution in [0.5, 0.6) is 0 Å². The van der Waals surface area contributed by atoms with E-state index >= 15 is 0 Å². The normalized spacial score (nSPS) is 12.9. The van der Waals surface area contributed by atoms with Crippen molar-refractivity contribution in [2.24, 2.45) is 5.73 Å². The van der Waals surface area contributed by atoms with Gasteiger partial charge in [0.25, 0.3) is 0 Å². The molecular formula is C8H12N2O2S. The SMILES string of the molecule is CC(=O)c1sc(C(O)CN)nc1C. The molecule has 0 aliphatic carbocycles. The molecule has 0 saturated carbocycles. The van der Waals surface area contributed by atoms with Gasteiger partial charge in [-0.3, -0.25) is 4.79 Å². The molecule has 0 fully saturated rings. The monoisotopic (exact) mass is 200 g/mol. The fourth-order valence-electron chi connectivity index (χ4n) is 0.987. The van der Waals surface area contributed by atoms with E-state index in [1.54, 1.807) is 6.92 Å². The number of hydrogen-bond acceptors (Lipinski definition) is 5. The number of aromatic nitrogens is 1. The van der Waals surface area contributed by atoms with Gasteiger partial charge in [0.15, 0.2) is 5.78 Å². The summed E-state index contributed by atoms with van der Waals surface area (Å²) in [6, 6.07) is 0. The molecule has 1 rings (SSSR count). The van der Waals surface area contributed by atoms with Crippen LogP contribution in [0.2, 0.25) is 0 Å². The van der Waals surface area contributed by atoms with Crippen molar-refractivity contribution in [2.75, 3.05) is 6.54 Å². The molecule has 1 aromatic heterocycles. The third-order valence-corrected chi connectivity index (χ3v) is 3.00. The molecule has 0 spiro atoms. The van der Waals surface area contributed by atoms with E-state index in [1.165, 1.54) is 18.3 Å². The predicted octanol–water partition coefficient (Wildman–Crippen LogP) is 0.646. The van der Waals surface area contributed by atoms with Crippen molar-refractivity contribution in [1.29, 1.82) is 0 Å². The van der Waals surface area contributed by atoms with Crippen LogP contribution in [0.3, 0.4) is 0 Å². The number of carbonyl (C=O) groups is 1. The Morgan fingerprint density at radius 2 is 2.38 bits per heavy atom. The quantitative estimate of drug-likeness (QED) is 0.702. The van der Waals surface area contributed by atoms with Crippen molar-refractivity contribution in [3.63, 3.8) is 0 Å². The van der Waals surface area contributed by atoms with Crippen LogP contribution in [0.25, 0.3) is 0 Å². The van der Waals surface area contributed by atoms with Gasteiger partial charge < -0.3 is 10.8 Å². The van der Waals surface area contributed by atoms with Gasteiger partial charge >= 0.3 is 0 Å². The highest BCUT2D eigenvalue weighted by Crippen LogP contribution is 2.23. The minimum atomic E-state index is -0.753. The minimum Gasteiger partial charge on any atom is -0.385 e. The Kier molecular flexibility index (Phi) is 3.13. The van der Waals surface area contributed by atoms with E-state index in [-0.39, 0.29) is 12.3 Å². The summed E-state index contributed by atoms with van der Waals surface area (Å²) in [5.41, 5.74) is 5.94. The minimum absolute atomic E-state index is 0.0227. The van der Waals surface area contributed by atoms with E-state index in [1.807, 2.05) is 0 Å². The van der Waals surface area contributed by atoms with Crippen LogP contribution in [0.4, 0.5) is 0 Å². The Balaban J connectivity index is 3.01. The van der Waals surface area contributed by atoms with E-state index in [0.717, 1.165) is 0 Å². The van der Waals surface area contributed by atoms with Crippen LogP contribution in [0.15, 0.2) is 0 Å². The van der Waals surface area contributed by atoms with E-state index in [4.69, 9.17) is 5.73 Å². The molecule has 5 heteroatoms. The first-order valence-corrected chi connectivity index (χ1v) is 4.74. The second kappa shape index (κ2) is 3.95. The third-order valence-electron chi connectivity index (χ3n) is 1.64. The highest BCUT2D eigenvalue weighted by molar-refractivity contribution is 7.13. The lowest BCUT2D eigenvalue weighted by atomic mass is 10.3. The first kappa shape index (κ1) is 10.3. The summed E-state index contributed by atoms with van der Waals surface area (Å²) in [5.74, 6) is -0.0227. The summed E-state index contributed by atoms with van der Waals surface area (Å²) in [4.78, 5) is 15.7. The van der Waals surface area contributed by atoms with E-state index in [9.17, 15) is 9.90 Å². The Bertz CT molecular complexity index is 322. The molecule has 13 heavy (non-hydrogen) atoms. The summed E-state index contributed by atoms with van der Waals surface area (Å²) < 4.78 is 0. The number of ketones is 1. The van der Waals surface area contributed by atoms with E-state index in [0.29, 0.717) is 15.6 Å². The maximum atomic E-state index is 11.0. The topological polar surface area (TPSA) is 76.2 Å². The van der Waals surface area contributed by atoms with Gasteiger partial charge in [-0.2, -0.15) is 0 Å². The Labute approximate surface area is 80.4 Å². The van der Waals surface area contributed by atoms with Crippen LogP contribution in [-0.4, -0.2) is 22.4 Å². The van der Waals surface area contributed by atoms with Crippen LogP contribution >= 0.6 is 11.3 Å². The molecule has 4 nitrogen and oxygen atoms in total. The lowest BCUT2D eigenvalue weighted by Crippen LogP contribution is -2.10. The lowest BCUT2D eigenvalue weighted by Gasteiger charge is -2.00. The molecule has 1 atom stereocenters. The van der Waals surface area contributed by atoms with Gasteiger partial charge in [0.2, 0.25) is 0 Å². The smallest absolute Gasteiger partial charge is 0.171 e. The molecule has 0 radical (unpaired) electrons. The van der Waals surface area contributed by atoms with Crippen molar-refractivity contribution in [3.8, 4) is 0 Å². The standard InChI is InChI=1S/C8H12N2O2S/c1-4-7(5(2)11)13-8(10-4)6(12)3-9/h6,12H,3,9H2,1-2H3. The molecule has 0 aliphatic rings. The first-order chi connectivity index (χ1) is 6.06. The second-order valence-electron chi connectivity index (χ2n) is 2.77. The number of aliphatic hydroxyl groups is 1. The molecule has 0 aromatic carbocycles. The van der Waals surface area contributed by atoms with E-state index < -0.39 is 6.10 Å². The number of nitrogens with two attached hydrogens (primary N) is 1. The number of carbonyl (C=O) groups excluding carboxylic acids is 1. The van der Waals surface area contributed by atoms with Crippen molar-refractivity contribution in [3.05, 3.63) is 15.6 Å². The number of Topliss-reactive ketones (excluding diaryl/α,β-unsaturated/α-hetero) is 1. The number of rotatable bonds is 3. The lowest BCUT2D eigenvalue weighted by molar-refractivity contribution is 0.102.